The lowest BCUT2D eigenvalue weighted by molar-refractivity contribution is 0.687. The van der Waals surface area contributed by atoms with Gasteiger partial charge in [0.2, 0.25) is 0 Å². The first-order valence-electron chi connectivity index (χ1n) is 6.06. The van der Waals surface area contributed by atoms with Gasteiger partial charge in [-0.05, 0) is 24.3 Å². The predicted octanol–water partition coefficient (Wildman–Crippen LogP) is 1.12. The van der Waals surface area contributed by atoms with Crippen LogP contribution in [0.3, 0.4) is 0 Å². The van der Waals surface area contributed by atoms with Gasteiger partial charge in [-0.25, -0.2) is 9.79 Å². The van der Waals surface area contributed by atoms with Crippen LogP contribution in [0.4, 0.5) is 11.5 Å². The maximum absolute atomic E-state index is 11.7. The summed E-state index contributed by atoms with van der Waals surface area (Å²) in [6, 6.07) is 8.77. The van der Waals surface area contributed by atoms with E-state index in [1.807, 2.05) is 24.3 Å². The number of aliphatic imine (C=N–C) groups is 1. The third-order valence-electron chi connectivity index (χ3n) is 2.83. The Balaban J connectivity index is 2.06. The molecule has 0 radical (unpaired) electrons. The number of hydrazine groups is 1. The van der Waals surface area contributed by atoms with E-state index in [0.717, 1.165) is 14.7 Å². The molecule has 0 aliphatic heterocycles. The zero-order valence-electron chi connectivity index (χ0n) is 11.5. The monoisotopic (exact) mass is 351 g/mol. The van der Waals surface area contributed by atoms with Crippen molar-refractivity contribution in [2.75, 3.05) is 5.43 Å². The number of hydrogen-bond donors (Lipinski definition) is 2. The van der Waals surface area contributed by atoms with E-state index in [1.165, 1.54) is 24.0 Å². The number of rotatable bonds is 4. The Morgan fingerprint density at radius 3 is 2.48 bits per heavy atom. The fourth-order valence-electron chi connectivity index (χ4n) is 1.59. The molecule has 2 rings (SSSR count). The highest BCUT2D eigenvalue weighted by atomic mass is 79.9. The zero-order chi connectivity index (χ0) is 15.4. The standard InChI is InChI=1S/C13H14BrN5O2/c1-18-11(7-12(20)19(2)13(18)21)17-16-8-15-10-5-3-9(14)4-6-10/h3-8,17H,1-2H3,(H,15,16). The van der Waals surface area contributed by atoms with E-state index >= 15 is 0 Å². The van der Waals surface area contributed by atoms with Crippen LogP contribution < -0.4 is 22.1 Å². The van der Waals surface area contributed by atoms with Crippen molar-refractivity contribution in [1.29, 1.82) is 0 Å². The van der Waals surface area contributed by atoms with Gasteiger partial charge in [0.1, 0.15) is 12.2 Å². The molecule has 1 heterocycles. The third kappa shape index (κ3) is 3.60. The van der Waals surface area contributed by atoms with Crippen LogP contribution in [0.15, 0.2) is 49.4 Å². The number of nitrogens with one attached hydrogen (secondary N) is 2. The highest BCUT2D eigenvalue weighted by Crippen LogP contribution is 2.15. The third-order valence-corrected chi connectivity index (χ3v) is 3.36. The van der Waals surface area contributed by atoms with Crippen LogP contribution in [0.5, 0.6) is 0 Å². The summed E-state index contributed by atoms with van der Waals surface area (Å²) in [6.45, 7) is 0. The lowest BCUT2D eigenvalue weighted by Gasteiger charge is -2.10. The van der Waals surface area contributed by atoms with Crippen molar-refractivity contribution in [3.63, 3.8) is 0 Å². The van der Waals surface area contributed by atoms with Crippen molar-refractivity contribution in [2.24, 2.45) is 19.1 Å². The molecule has 2 aromatic rings. The molecule has 1 aromatic carbocycles. The molecule has 0 amide bonds. The van der Waals surface area contributed by atoms with Crippen LogP contribution in [-0.2, 0) is 14.1 Å². The first kappa shape index (κ1) is 15.0. The number of anilines is 1. The topological polar surface area (TPSA) is 80.4 Å². The van der Waals surface area contributed by atoms with Gasteiger partial charge in [-0.1, -0.05) is 15.9 Å². The van der Waals surface area contributed by atoms with Crippen molar-refractivity contribution >= 4 is 33.8 Å². The van der Waals surface area contributed by atoms with Gasteiger partial charge >= 0.3 is 5.69 Å². The van der Waals surface area contributed by atoms with Gasteiger partial charge in [0, 0.05) is 24.6 Å². The summed E-state index contributed by atoms with van der Waals surface area (Å²) in [5.41, 5.74) is 5.44. The quantitative estimate of drug-likeness (QED) is 0.491. The summed E-state index contributed by atoms with van der Waals surface area (Å²) in [6.07, 6.45) is 1.44. The molecule has 0 aliphatic rings. The zero-order valence-corrected chi connectivity index (χ0v) is 13.1. The van der Waals surface area contributed by atoms with Gasteiger partial charge in [0.05, 0.1) is 5.69 Å². The minimum absolute atomic E-state index is 0.352. The summed E-state index contributed by atoms with van der Waals surface area (Å²) in [5.74, 6) is 0.352. The van der Waals surface area contributed by atoms with Crippen LogP contribution in [0, 0.1) is 0 Å². The summed E-state index contributed by atoms with van der Waals surface area (Å²) >= 11 is 3.34. The van der Waals surface area contributed by atoms with Crippen molar-refractivity contribution in [3.8, 4) is 0 Å². The van der Waals surface area contributed by atoms with E-state index in [1.54, 1.807) is 7.05 Å². The van der Waals surface area contributed by atoms with Crippen molar-refractivity contribution < 1.29 is 0 Å². The molecule has 110 valence electrons. The molecular weight excluding hydrogens is 338 g/mol. The highest BCUT2D eigenvalue weighted by molar-refractivity contribution is 9.10. The molecule has 0 saturated carbocycles. The van der Waals surface area contributed by atoms with E-state index < -0.39 is 5.69 Å². The lowest BCUT2D eigenvalue weighted by Crippen LogP contribution is -2.38. The lowest BCUT2D eigenvalue weighted by atomic mass is 10.3. The molecule has 0 atom stereocenters. The summed E-state index contributed by atoms with van der Waals surface area (Å²) in [7, 11) is 2.99. The van der Waals surface area contributed by atoms with E-state index in [9.17, 15) is 9.59 Å². The second-order valence-corrected chi connectivity index (χ2v) is 5.19. The Morgan fingerprint density at radius 2 is 1.81 bits per heavy atom. The van der Waals surface area contributed by atoms with Crippen molar-refractivity contribution in [3.05, 3.63) is 55.6 Å². The van der Waals surface area contributed by atoms with Crippen LogP contribution in [0.25, 0.3) is 0 Å². The van der Waals surface area contributed by atoms with E-state index in [4.69, 9.17) is 0 Å². The molecule has 0 spiro atoms. The largest absolute Gasteiger partial charge is 0.332 e. The number of hydrogen-bond acceptors (Lipinski definition) is 4. The van der Waals surface area contributed by atoms with Gasteiger partial charge in [0.25, 0.3) is 5.56 Å². The smallest absolute Gasteiger partial charge is 0.289 e. The first-order valence-corrected chi connectivity index (χ1v) is 6.85. The summed E-state index contributed by atoms with van der Waals surface area (Å²) in [4.78, 5) is 27.4. The average molecular weight is 352 g/mol. The molecule has 0 saturated heterocycles. The Labute approximate surface area is 129 Å². The molecule has 0 unspecified atom stereocenters. The SMILES string of the molecule is Cn1c(NNC=Nc2ccc(Br)cc2)cc(=O)n(C)c1=O. The maximum Gasteiger partial charge on any atom is 0.332 e. The fourth-order valence-corrected chi connectivity index (χ4v) is 1.86. The van der Waals surface area contributed by atoms with Crippen LogP contribution in [0.1, 0.15) is 0 Å². The van der Waals surface area contributed by atoms with Crippen molar-refractivity contribution in [2.45, 2.75) is 0 Å². The second kappa shape index (κ2) is 6.40. The van der Waals surface area contributed by atoms with Gasteiger partial charge in [-0.15, -0.1) is 0 Å². The molecule has 0 aliphatic carbocycles. The number of halogens is 1. The molecule has 7 nitrogen and oxygen atoms in total. The van der Waals surface area contributed by atoms with Crippen LogP contribution in [0.2, 0.25) is 0 Å². The molecule has 8 heteroatoms. The summed E-state index contributed by atoms with van der Waals surface area (Å²) < 4.78 is 3.32. The van der Waals surface area contributed by atoms with E-state index in [2.05, 4.69) is 31.8 Å². The van der Waals surface area contributed by atoms with E-state index in [-0.39, 0.29) is 5.56 Å². The summed E-state index contributed by atoms with van der Waals surface area (Å²) in [5, 5.41) is 0. The Bertz CT molecular complexity index is 777. The maximum atomic E-state index is 11.7. The predicted molar refractivity (Wildman–Crippen MR) is 86.0 cm³/mol. The number of benzene rings is 1. The molecular formula is C13H14BrN5O2. The van der Waals surface area contributed by atoms with E-state index in [0.29, 0.717) is 5.82 Å². The van der Waals surface area contributed by atoms with Gasteiger partial charge < -0.3 is 0 Å². The van der Waals surface area contributed by atoms with Crippen molar-refractivity contribution in [1.82, 2.24) is 14.6 Å². The Kier molecular flexibility index (Phi) is 4.59. The molecule has 21 heavy (non-hydrogen) atoms. The second-order valence-electron chi connectivity index (χ2n) is 4.27. The minimum Gasteiger partial charge on any atom is -0.289 e. The molecule has 2 N–H and O–H groups in total. The van der Waals surface area contributed by atoms with Crippen LogP contribution in [-0.4, -0.2) is 15.5 Å². The Hall–Kier alpha value is -2.35. The average Bonchev–Trinajstić information content (AvgIpc) is 2.48. The molecule has 0 bridgehead atoms. The normalized spacial score (nSPS) is 10.8. The molecule has 0 fully saturated rings. The van der Waals surface area contributed by atoms with Gasteiger partial charge in [0.15, 0.2) is 0 Å². The Morgan fingerprint density at radius 1 is 1.14 bits per heavy atom. The molecule has 1 aromatic heterocycles. The fraction of sp³-hybridized carbons (Fsp3) is 0.154. The highest BCUT2D eigenvalue weighted by Gasteiger charge is 2.04. The first-order chi connectivity index (χ1) is 9.99. The van der Waals surface area contributed by atoms with Crippen LogP contribution >= 0.6 is 15.9 Å². The number of aromatic nitrogens is 2. The van der Waals surface area contributed by atoms with Gasteiger partial charge in [-0.3, -0.25) is 24.8 Å². The van der Waals surface area contributed by atoms with Gasteiger partial charge in [-0.2, -0.15) is 0 Å². The minimum atomic E-state index is -0.406. The number of nitrogens with zero attached hydrogens (tertiary/aromatic N) is 3.